The summed E-state index contributed by atoms with van der Waals surface area (Å²) in [6, 6.07) is 0. The maximum Gasteiger partial charge on any atom is 0.248 e. The largest absolute Gasteiger partial charge is 0.366 e. The highest BCUT2D eigenvalue weighted by atomic mass is 16.1. The molecular formula is C8H7NO. The molecule has 0 atom stereocenters. The van der Waals surface area contributed by atoms with Crippen LogP contribution < -0.4 is 5.73 Å². The lowest BCUT2D eigenvalue weighted by molar-refractivity contribution is -0.114. The lowest BCUT2D eigenvalue weighted by Crippen LogP contribution is -2.11. The second-order valence-corrected chi connectivity index (χ2v) is 1.85. The van der Waals surface area contributed by atoms with E-state index in [1.54, 1.807) is 30.4 Å². The number of primary amides is 1. The molecule has 2 N–H and O–H groups in total. The van der Waals surface area contributed by atoms with Crippen LogP contribution in [0.15, 0.2) is 41.7 Å². The minimum Gasteiger partial charge on any atom is -0.366 e. The van der Waals surface area contributed by atoms with Crippen LogP contribution in [-0.4, -0.2) is 5.91 Å². The molecular weight excluding hydrogens is 126 g/mol. The molecule has 0 spiro atoms. The molecule has 0 radical (unpaired) electrons. The summed E-state index contributed by atoms with van der Waals surface area (Å²) in [5.74, 6) is -0.412. The van der Waals surface area contributed by atoms with Crippen LogP contribution in [0, 0.1) is 0 Å². The molecule has 1 aliphatic rings. The number of hydrogen-bond acceptors (Lipinski definition) is 1. The molecule has 0 heterocycles. The van der Waals surface area contributed by atoms with Crippen molar-refractivity contribution in [3.05, 3.63) is 41.7 Å². The fourth-order valence-electron chi connectivity index (χ4n) is 0.621. The van der Waals surface area contributed by atoms with Crippen molar-refractivity contribution in [3.8, 4) is 0 Å². The third kappa shape index (κ3) is 1.47. The van der Waals surface area contributed by atoms with Gasteiger partial charge < -0.3 is 5.73 Å². The molecule has 0 unspecified atom stereocenters. The fraction of sp³-hybridized carbons (Fsp3) is 0. The van der Waals surface area contributed by atoms with Gasteiger partial charge >= 0.3 is 0 Å². The van der Waals surface area contributed by atoms with Crippen molar-refractivity contribution in [1.29, 1.82) is 0 Å². The number of rotatable bonds is 1. The van der Waals surface area contributed by atoms with Crippen molar-refractivity contribution in [2.45, 2.75) is 0 Å². The van der Waals surface area contributed by atoms with E-state index in [4.69, 9.17) is 5.73 Å². The quantitative estimate of drug-likeness (QED) is 0.525. The molecule has 10 heavy (non-hydrogen) atoms. The average Bonchev–Trinajstić information content (AvgIpc) is 2.12. The number of nitrogens with two attached hydrogens (primary N) is 1. The molecule has 2 heteroatoms. The van der Waals surface area contributed by atoms with Crippen LogP contribution in [-0.2, 0) is 4.79 Å². The van der Waals surface area contributed by atoms with E-state index in [1.165, 1.54) is 0 Å². The summed E-state index contributed by atoms with van der Waals surface area (Å²) in [4.78, 5) is 10.5. The molecule has 0 aromatic rings. The maximum atomic E-state index is 10.5. The summed E-state index contributed by atoms with van der Waals surface area (Å²) < 4.78 is 0. The van der Waals surface area contributed by atoms with E-state index in [1.807, 2.05) is 0 Å². The molecule has 1 rings (SSSR count). The standard InChI is InChI=1S/C8H7NO/c9-8(10)7-5-3-1-2-4-6-7/h1,3-6H,(H2,9,10). The van der Waals surface area contributed by atoms with E-state index in [0.29, 0.717) is 5.57 Å². The Morgan fingerprint density at radius 2 is 2.30 bits per heavy atom. The first-order chi connectivity index (χ1) is 4.80. The molecule has 2 nitrogen and oxygen atoms in total. The zero-order valence-corrected chi connectivity index (χ0v) is 5.37. The van der Waals surface area contributed by atoms with E-state index in [9.17, 15) is 4.79 Å². The number of hydrogen-bond donors (Lipinski definition) is 1. The summed E-state index contributed by atoms with van der Waals surface area (Å²) in [6.45, 7) is 0. The van der Waals surface area contributed by atoms with Gasteiger partial charge in [0.05, 0.1) is 0 Å². The third-order valence-electron chi connectivity index (χ3n) is 1.11. The van der Waals surface area contributed by atoms with E-state index in [-0.39, 0.29) is 0 Å². The fourth-order valence-corrected chi connectivity index (χ4v) is 0.621. The summed E-state index contributed by atoms with van der Waals surface area (Å²) in [5.41, 5.74) is 8.33. The van der Waals surface area contributed by atoms with E-state index < -0.39 is 5.91 Å². The zero-order chi connectivity index (χ0) is 7.40. The Labute approximate surface area is 59.0 Å². The molecule has 0 fully saturated rings. The van der Waals surface area contributed by atoms with Crippen molar-refractivity contribution in [2.75, 3.05) is 0 Å². The summed E-state index contributed by atoms with van der Waals surface area (Å²) in [5, 5.41) is 0. The number of carbonyl (C=O) groups excluding carboxylic acids is 1. The number of allylic oxidation sites excluding steroid dienone is 3. The lowest BCUT2D eigenvalue weighted by atomic mass is 10.2. The Morgan fingerprint density at radius 1 is 1.50 bits per heavy atom. The molecule has 0 saturated heterocycles. The van der Waals surface area contributed by atoms with E-state index >= 15 is 0 Å². The van der Waals surface area contributed by atoms with Gasteiger partial charge in [-0.05, 0) is 24.3 Å². The van der Waals surface area contributed by atoms with E-state index in [2.05, 4.69) is 5.73 Å². The van der Waals surface area contributed by atoms with Gasteiger partial charge in [0, 0.05) is 5.57 Å². The monoisotopic (exact) mass is 133 g/mol. The Bertz CT molecular complexity index is 265. The van der Waals surface area contributed by atoms with Gasteiger partial charge in [-0.2, -0.15) is 0 Å². The Hall–Kier alpha value is -1.53. The van der Waals surface area contributed by atoms with Crippen LogP contribution in [0.2, 0.25) is 0 Å². The van der Waals surface area contributed by atoms with Gasteiger partial charge in [-0.25, -0.2) is 0 Å². The van der Waals surface area contributed by atoms with Crippen molar-refractivity contribution < 1.29 is 4.79 Å². The van der Waals surface area contributed by atoms with Gasteiger partial charge in [-0.1, -0.05) is 6.08 Å². The minimum absolute atomic E-state index is 0.412. The average molecular weight is 133 g/mol. The molecule has 0 aliphatic heterocycles. The lowest BCUT2D eigenvalue weighted by Gasteiger charge is -1.89. The van der Waals surface area contributed by atoms with Crippen LogP contribution >= 0.6 is 0 Å². The van der Waals surface area contributed by atoms with Gasteiger partial charge in [-0.15, -0.1) is 5.73 Å². The molecule has 0 aromatic carbocycles. The van der Waals surface area contributed by atoms with Gasteiger partial charge in [0.2, 0.25) is 5.91 Å². The number of carbonyl (C=O) groups is 1. The predicted octanol–water partition coefficient (Wildman–Crippen LogP) is 0.679. The van der Waals surface area contributed by atoms with Crippen molar-refractivity contribution in [1.82, 2.24) is 0 Å². The highest BCUT2D eigenvalue weighted by Gasteiger charge is 1.97. The molecule has 1 aliphatic carbocycles. The summed E-state index contributed by atoms with van der Waals surface area (Å²) in [6.07, 6.45) is 8.37. The normalized spacial score (nSPS) is 14.6. The van der Waals surface area contributed by atoms with Crippen LogP contribution in [0.1, 0.15) is 0 Å². The molecule has 0 aromatic heterocycles. The molecule has 50 valence electrons. The second kappa shape index (κ2) is 2.85. The summed E-state index contributed by atoms with van der Waals surface area (Å²) >= 11 is 0. The second-order valence-electron chi connectivity index (χ2n) is 1.85. The van der Waals surface area contributed by atoms with Gasteiger partial charge in [-0.3, -0.25) is 4.79 Å². The molecule has 1 amide bonds. The van der Waals surface area contributed by atoms with Crippen molar-refractivity contribution in [2.24, 2.45) is 5.73 Å². The Morgan fingerprint density at radius 3 is 3.00 bits per heavy atom. The van der Waals surface area contributed by atoms with Gasteiger partial charge in [0.25, 0.3) is 0 Å². The first-order valence-corrected chi connectivity index (χ1v) is 2.90. The molecule has 0 bridgehead atoms. The Kier molecular flexibility index (Phi) is 1.88. The number of amides is 1. The van der Waals surface area contributed by atoms with Crippen LogP contribution in [0.3, 0.4) is 0 Å². The van der Waals surface area contributed by atoms with Crippen LogP contribution in [0.4, 0.5) is 0 Å². The highest BCUT2D eigenvalue weighted by molar-refractivity contribution is 5.95. The summed E-state index contributed by atoms with van der Waals surface area (Å²) in [7, 11) is 0. The van der Waals surface area contributed by atoms with Gasteiger partial charge in [0.1, 0.15) is 0 Å². The van der Waals surface area contributed by atoms with E-state index in [0.717, 1.165) is 0 Å². The minimum atomic E-state index is -0.412. The SMILES string of the molecule is NC(=O)C1=CC=C=CC=C1. The predicted molar refractivity (Wildman–Crippen MR) is 39.1 cm³/mol. The van der Waals surface area contributed by atoms with Crippen LogP contribution in [0.5, 0.6) is 0 Å². The smallest absolute Gasteiger partial charge is 0.248 e. The first-order valence-electron chi connectivity index (χ1n) is 2.90. The van der Waals surface area contributed by atoms with Crippen LogP contribution in [0.25, 0.3) is 0 Å². The van der Waals surface area contributed by atoms with Crippen molar-refractivity contribution in [3.63, 3.8) is 0 Å². The molecule has 0 saturated carbocycles. The first kappa shape index (κ1) is 6.59. The Balaban J connectivity index is 2.92. The van der Waals surface area contributed by atoms with Crippen molar-refractivity contribution >= 4 is 5.91 Å². The highest BCUT2D eigenvalue weighted by Crippen LogP contribution is 1.98. The van der Waals surface area contributed by atoms with Gasteiger partial charge in [0.15, 0.2) is 0 Å². The maximum absolute atomic E-state index is 10.5. The topological polar surface area (TPSA) is 43.1 Å². The zero-order valence-electron chi connectivity index (χ0n) is 5.37. The third-order valence-corrected chi connectivity index (χ3v) is 1.11.